The zero-order valence-electron chi connectivity index (χ0n) is 16.8. The van der Waals surface area contributed by atoms with Crippen LogP contribution in [0.15, 0.2) is 66.7 Å². The average molecular weight is 434 g/mol. The highest BCUT2D eigenvalue weighted by molar-refractivity contribution is 5.97. The lowest BCUT2D eigenvalue weighted by atomic mass is 9.98. The van der Waals surface area contributed by atoms with Crippen LogP contribution in [0, 0.1) is 5.82 Å². The van der Waals surface area contributed by atoms with Gasteiger partial charge in [-0.3, -0.25) is 14.9 Å². The monoisotopic (exact) mass is 434 g/mol. The minimum atomic E-state index is -1.26. The molecule has 7 nitrogen and oxygen atoms in total. The zero-order chi connectivity index (χ0) is 22.7. The molecule has 2 amide bonds. The van der Waals surface area contributed by atoms with Crippen LogP contribution in [-0.4, -0.2) is 36.2 Å². The van der Waals surface area contributed by atoms with Crippen molar-refractivity contribution < 1.29 is 28.6 Å². The van der Waals surface area contributed by atoms with Crippen molar-refractivity contribution in [1.82, 2.24) is 5.32 Å². The number of ether oxygens (including phenoxy) is 1. The van der Waals surface area contributed by atoms with Gasteiger partial charge in [-0.15, -0.1) is 0 Å². The predicted octanol–water partition coefficient (Wildman–Crippen LogP) is 4.00. The summed E-state index contributed by atoms with van der Waals surface area (Å²) in [6.45, 7) is -0.546. The van der Waals surface area contributed by atoms with Crippen LogP contribution in [-0.2, 0) is 9.53 Å². The minimum Gasteiger partial charge on any atom is -0.480 e. The second-order valence-electron chi connectivity index (χ2n) is 7.22. The summed E-state index contributed by atoms with van der Waals surface area (Å²) in [7, 11) is 0. The topological polar surface area (TPSA) is 105 Å². The molecule has 1 aliphatic rings. The maximum absolute atomic E-state index is 14.0. The Balaban J connectivity index is 1.43. The fraction of sp³-hybridized carbons (Fsp3) is 0.125. The van der Waals surface area contributed by atoms with Crippen molar-refractivity contribution in [2.24, 2.45) is 0 Å². The number of carbonyl (C=O) groups excluding carboxylic acids is 2. The quantitative estimate of drug-likeness (QED) is 0.544. The van der Waals surface area contributed by atoms with Gasteiger partial charge < -0.3 is 15.2 Å². The molecule has 3 aromatic carbocycles. The number of hydrogen-bond donors (Lipinski definition) is 3. The first-order valence-electron chi connectivity index (χ1n) is 9.85. The van der Waals surface area contributed by atoms with Gasteiger partial charge in [-0.2, -0.15) is 0 Å². The van der Waals surface area contributed by atoms with E-state index in [2.05, 4.69) is 10.6 Å². The highest BCUT2D eigenvalue weighted by Gasteiger charge is 2.29. The lowest BCUT2D eigenvalue weighted by Crippen LogP contribution is -2.30. The molecule has 0 saturated heterocycles. The van der Waals surface area contributed by atoms with Crippen molar-refractivity contribution in [3.05, 3.63) is 89.2 Å². The number of carboxylic acids is 1. The van der Waals surface area contributed by atoms with Crippen LogP contribution in [0.25, 0.3) is 11.1 Å². The molecule has 1 aliphatic carbocycles. The normalized spacial score (nSPS) is 11.9. The highest BCUT2D eigenvalue weighted by Crippen LogP contribution is 2.44. The van der Waals surface area contributed by atoms with E-state index in [-0.39, 0.29) is 23.8 Å². The second-order valence-corrected chi connectivity index (χ2v) is 7.22. The van der Waals surface area contributed by atoms with Crippen molar-refractivity contribution >= 4 is 23.7 Å². The number of benzene rings is 3. The molecule has 8 heteroatoms. The molecule has 0 spiro atoms. The number of halogens is 1. The van der Waals surface area contributed by atoms with Crippen molar-refractivity contribution in [3.8, 4) is 11.1 Å². The molecular weight excluding hydrogens is 415 g/mol. The first kappa shape index (κ1) is 21.0. The Labute approximate surface area is 182 Å². The molecule has 0 unspecified atom stereocenters. The molecule has 162 valence electrons. The molecule has 0 radical (unpaired) electrons. The number of anilines is 1. The molecule has 0 bridgehead atoms. The number of carboxylic acid groups (broad SMARTS) is 1. The number of rotatable bonds is 6. The summed E-state index contributed by atoms with van der Waals surface area (Å²) in [5, 5.41) is 13.2. The van der Waals surface area contributed by atoms with E-state index in [9.17, 15) is 18.8 Å². The summed E-state index contributed by atoms with van der Waals surface area (Å²) in [5.74, 6) is -3.11. The van der Waals surface area contributed by atoms with Crippen LogP contribution in [0.1, 0.15) is 27.4 Å². The molecule has 0 atom stereocenters. The Morgan fingerprint density at radius 1 is 0.938 bits per heavy atom. The van der Waals surface area contributed by atoms with Gasteiger partial charge in [0, 0.05) is 11.6 Å². The van der Waals surface area contributed by atoms with E-state index in [1.165, 1.54) is 6.07 Å². The zero-order valence-corrected chi connectivity index (χ0v) is 16.8. The molecule has 3 N–H and O–H groups in total. The van der Waals surface area contributed by atoms with Crippen LogP contribution in [0.4, 0.5) is 14.9 Å². The molecule has 0 aromatic heterocycles. The number of amides is 2. The predicted molar refractivity (Wildman–Crippen MR) is 115 cm³/mol. The van der Waals surface area contributed by atoms with Crippen molar-refractivity contribution in [2.75, 3.05) is 18.5 Å². The lowest BCUT2D eigenvalue weighted by Gasteiger charge is -2.15. The van der Waals surface area contributed by atoms with Crippen LogP contribution in [0.5, 0.6) is 0 Å². The minimum absolute atomic E-state index is 0.104. The Morgan fingerprint density at radius 3 is 2.19 bits per heavy atom. The maximum Gasteiger partial charge on any atom is 0.411 e. The smallest absolute Gasteiger partial charge is 0.411 e. The largest absolute Gasteiger partial charge is 0.480 e. The molecule has 4 rings (SSSR count). The molecule has 0 heterocycles. The van der Waals surface area contributed by atoms with Gasteiger partial charge in [-0.1, -0.05) is 48.5 Å². The third-order valence-electron chi connectivity index (χ3n) is 5.20. The van der Waals surface area contributed by atoms with Crippen molar-refractivity contribution in [2.45, 2.75) is 5.92 Å². The van der Waals surface area contributed by atoms with E-state index in [4.69, 9.17) is 9.84 Å². The first-order valence-corrected chi connectivity index (χ1v) is 9.85. The third-order valence-corrected chi connectivity index (χ3v) is 5.20. The number of carbonyl (C=O) groups is 3. The number of nitrogens with one attached hydrogen (secondary N) is 2. The Hall–Kier alpha value is -4.20. The van der Waals surface area contributed by atoms with Crippen molar-refractivity contribution in [1.29, 1.82) is 0 Å². The van der Waals surface area contributed by atoms with Gasteiger partial charge in [0.05, 0.1) is 5.56 Å². The fourth-order valence-corrected chi connectivity index (χ4v) is 3.78. The maximum atomic E-state index is 14.0. The van der Waals surface area contributed by atoms with E-state index in [0.29, 0.717) is 0 Å². The van der Waals surface area contributed by atoms with Crippen LogP contribution in [0.2, 0.25) is 0 Å². The van der Waals surface area contributed by atoms with Crippen LogP contribution < -0.4 is 10.6 Å². The Morgan fingerprint density at radius 2 is 1.56 bits per heavy atom. The van der Waals surface area contributed by atoms with Crippen molar-refractivity contribution in [3.63, 3.8) is 0 Å². The molecule has 0 saturated carbocycles. The van der Waals surface area contributed by atoms with Gasteiger partial charge in [0.15, 0.2) is 0 Å². The van der Waals surface area contributed by atoms with Gasteiger partial charge in [-0.05, 0) is 40.5 Å². The Kier molecular flexibility index (Phi) is 5.85. The van der Waals surface area contributed by atoms with Crippen LogP contribution in [0.3, 0.4) is 0 Å². The summed E-state index contributed by atoms with van der Waals surface area (Å²) in [5.41, 5.74) is 4.11. The SMILES string of the molecule is O=C(O)CNC(=O)c1cc(NC(=O)OCC2c3ccccc3-c3ccccc32)ccc1F. The highest BCUT2D eigenvalue weighted by atomic mass is 19.1. The standard InChI is InChI=1S/C24H19FN2O5/c25-21-10-9-14(11-19(21)23(30)26-12-22(28)29)27-24(31)32-13-20-17-7-3-1-5-15(17)16-6-2-4-8-18(16)20/h1-11,20H,12-13H2,(H,26,30)(H,27,31)(H,28,29). The van der Waals surface area contributed by atoms with Gasteiger partial charge in [-0.25, -0.2) is 9.18 Å². The molecule has 0 fully saturated rings. The molecule has 3 aromatic rings. The summed E-state index contributed by atoms with van der Waals surface area (Å²) in [4.78, 5) is 34.9. The second kappa shape index (κ2) is 8.89. The van der Waals surface area contributed by atoms with E-state index >= 15 is 0 Å². The average Bonchev–Trinajstić information content (AvgIpc) is 3.11. The number of fused-ring (bicyclic) bond motifs is 3. The number of aliphatic carboxylic acids is 1. The summed E-state index contributed by atoms with van der Waals surface area (Å²) in [6, 6.07) is 19.3. The molecular formula is C24H19FN2O5. The van der Waals surface area contributed by atoms with Gasteiger partial charge in [0.25, 0.3) is 5.91 Å². The lowest BCUT2D eigenvalue weighted by molar-refractivity contribution is -0.135. The molecule has 0 aliphatic heterocycles. The summed E-state index contributed by atoms with van der Waals surface area (Å²) >= 11 is 0. The fourth-order valence-electron chi connectivity index (χ4n) is 3.78. The summed E-state index contributed by atoms with van der Waals surface area (Å²) < 4.78 is 19.4. The Bertz CT molecular complexity index is 1160. The van der Waals surface area contributed by atoms with E-state index in [1.807, 2.05) is 48.5 Å². The first-order chi connectivity index (χ1) is 15.4. The van der Waals surface area contributed by atoms with E-state index < -0.39 is 30.3 Å². The van der Waals surface area contributed by atoms with Gasteiger partial charge >= 0.3 is 12.1 Å². The van der Waals surface area contributed by atoms with Crippen LogP contribution >= 0.6 is 0 Å². The summed E-state index contributed by atoms with van der Waals surface area (Å²) in [6.07, 6.45) is -0.754. The third kappa shape index (κ3) is 4.29. The van der Waals surface area contributed by atoms with E-state index in [0.717, 1.165) is 34.4 Å². The molecule has 32 heavy (non-hydrogen) atoms. The number of hydrogen-bond acceptors (Lipinski definition) is 4. The van der Waals surface area contributed by atoms with Gasteiger partial charge in [0.1, 0.15) is 19.0 Å². The van der Waals surface area contributed by atoms with Gasteiger partial charge in [0.2, 0.25) is 0 Å². The van der Waals surface area contributed by atoms with E-state index in [1.54, 1.807) is 0 Å².